The van der Waals surface area contributed by atoms with Crippen LogP contribution in [-0.2, 0) is 28.6 Å². The molecule has 0 amide bonds. The van der Waals surface area contributed by atoms with E-state index in [1.54, 1.807) is 0 Å². The topological polar surface area (TPSA) is 78.9 Å². The zero-order valence-electron chi connectivity index (χ0n) is 53.5. The van der Waals surface area contributed by atoms with Gasteiger partial charge >= 0.3 is 17.9 Å². The van der Waals surface area contributed by atoms with E-state index in [-0.39, 0.29) is 31.1 Å². The fraction of sp³-hybridized carbons (Fsp3) is 0.671. The normalized spacial score (nSPS) is 13.0. The van der Waals surface area contributed by atoms with Crippen molar-refractivity contribution in [3.63, 3.8) is 0 Å². The van der Waals surface area contributed by atoms with E-state index in [0.717, 1.165) is 148 Å². The highest BCUT2D eigenvalue weighted by Crippen LogP contribution is 2.15. The lowest BCUT2D eigenvalue weighted by Gasteiger charge is -2.18. The molecular weight excluding hydrogens is 1010 g/mol. The second kappa shape index (κ2) is 69.0. The molecule has 0 heterocycles. The summed E-state index contributed by atoms with van der Waals surface area (Å²) in [5.74, 6) is -0.924. The van der Waals surface area contributed by atoms with Gasteiger partial charge in [0.1, 0.15) is 13.2 Å². The van der Waals surface area contributed by atoms with E-state index >= 15 is 0 Å². The zero-order chi connectivity index (χ0) is 59.2. The van der Waals surface area contributed by atoms with Crippen molar-refractivity contribution in [1.82, 2.24) is 0 Å². The van der Waals surface area contributed by atoms with Gasteiger partial charge in [-0.2, -0.15) is 0 Å². The summed E-state index contributed by atoms with van der Waals surface area (Å²) in [6.45, 7) is 6.49. The second-order valence-corrected chi connectivity index (χ2v) is 22.3. The average Bonchev–Trinajstić information content (AvgIpc) is 3.47. The molecule has 0 aliphatic carbocycles. The van der Waals surface area contributed by atoms with Crippen molar-refractivity contribution in [2.45, 2.75) is 316 Å². The van der Waals surface area contributed by atoms with Gasteiger partial charge in [0, 0.05) is 19.3 Å². The predicted molar refractivity (Wildman–Crippen MR) is 357 cm³/mol. The molecule has 82 heavy (non-hydrogen) atoms. The minimum atomic E-state index is -0.802. The summed E-state index contributed by atoms with van der Waals surface area (Å²) in [7, 11) is 0. The quantitative estimate of drug-likeness (QED) is 0.0261. The molecule has 1 atom stereocenters. The van der Waals surface area contributed by atoms with Crippen LogP contribution >= 0.6 is 0 Å². The third kappa shape index (κ3) is 66.4. The van der Waals surface area contributed by atoms with Crippen LogP contribution in [0.5, 0.6) is 0 Å². The maximum atomic E-state index is 13.0. The van der Waals surface area contributed by atoms with Crippen molar-refractivity contribution in [1.29, 1.82) is 0 Å². The van der Waals surface area contributed by atoms with Gasteiger partial charge in [-0.05, 0) is 141 Å². The monoisotopic (exact) mass is 1130 g/mol. The van der Waals surface area contributed by atoms with E-state index in [9.17, 15) is 14.4 Å². The molecule has 0 aliphatic heterocycles. The van der Waals surface area contributed by atoms with Crippen LogP contribution in [0.1, 0.15) is 310 Å². The molecule has 0 spiro atoms. The van der Waals surface area contributed by atoms with E-state index in [2.05, 4.69) is 154 Å². The van der Waals surface area contributed by atoms with E-state index in [0.29, 0.717) is 19.3 Å². The average molecular weight is 1140 g/mol. The summed E-state index contributed by atoms with van der Waals surface area (Å²) >= 11 is 0. The minimum Gasteiger partial charge on any atom is -0.462 e. The number of esters is 3. The highest BCUT2D eigenvalue weighted by Gasteiger charge is 2.19. The molecule has 0 aliphatic rings. The Bertz CT molecular complexity index is 1730. The van der Waals surface area contributed by atoms with Crippen molar-refractivity contribution in [3.05, 3.63) is 134 Å². The molecule has 0 saturated heterocycles. The van der Waals surface area contributed by atoms with Gasteiger partial charge in [-0.15, -0.1) is 0 Å². The molecule has 466 valence electrons. The number of allylic oxidation sites excluding steroid dienone is 22. The van der Waals surface area contributed by atoms with Gasteiger partial charge in [0.25, 0.3) is 0 Å². The van der Waals surface area contributed by atoms with Crippen LogP contribution in [0.25, 0.3) is 0 Å². The molecule has 0 bridgehead atoms. The Balaban J connectivity index is 4.47. The van der Waals surface area contributed by atoms with E-state index < -0.39 is 6.10 Å². The van der Waals surface area contributed by atoms with E-state index in [1.165, 1.54) is 122 Å². The highest BCUT2D eigenvalue weighted by molar-refractivity contribution is 5.71. The fourth-order valence-corrected chi connectivity index (χ4v) is 9.25. The Morgan fingerprint density at radius 3 is 0.756 bits per heavy atom. The van der Waals surface area contributed by atoms with Gasteiger partial charge in [0.2, 0.25) is 0 Å². The first-order valence-corrected chi connectivity index (χ1v) is 34.2. The van der Waals surface area contributed by atoms with Gasteiger partial charge < -0.3 is 14.2 Å². The number of unbranched alkanes of at least 4 members (excludes halogenated alkanes) is 28. The van der Waals surface area contributed by atoms with Crippen LogP contribution in [0.2, 0.25) is 0 Å². The van der Waals surface area contributed by atoms with Crippen molar-refractivity contribution < 1.29 is 28.6 Å². The van der Waals surface area contributed by atoms with Crippen molar-refractivity contribution in [2.75, 3.05) is 13.2 Å². The van der Waals surface area contributed by atoms with Crippen LogP contribution in [0.3, 0.4) is 0 Å². The summed E-state index contributed by atoms with van der Waals surface area (Å²) in [5.41, 5.74) is 0. The Labute approximate surface area is 506 Å². The third-order valence-electron chi connectivity index (χ3n) is 14.4. The Morgan fingerprint density at radius 1 is 0.256 bits per heavy atom. The largest absolute Gasteiger partial charge is 0.462 e. The molecule has 0 aromatic heterocycles. The second-order valence-electron chi connectivity index (χ2n) is 22.3. The van der Waals surface area contributed by atoms with E-state index in [4.69, 9.17) is 14.2 Å². The SMILES string of the molecule is CC/C=C\C/C=C\C/C=C\C/C=C\C/C=C\C/C=C\CCCCCCCCC(=O)OCC(COC(=O)CCCCCCCCC/C=C\C/C=C\CCCCCC)OC(=O)CCCCCCCC/C=C\C/C=C\C/C=C\CCCCCCC. The summed E-state index contributed by atoms with van der Waals surface area (Å²) in [4.78, 5) is 38.5. The van der Waals surface area contributed by atoms with Crippen LogP contribution < -0.4 is 0 Å². The summed E-state index contributed by atoms with van der Waals surface area (Å²) in [6.07, 6.45) is 97.4. The number of carbonyl (C=O) groups is 3. The van der Waals surface area contributed by atoms with Crippen LogP contribution in [0.4, 0.5) is 0 Å². The lowest BCUT2D eigenvalue weighted by atomic mass is 10.1. The maximum Gasteiger partial charge on any atom is 0.306 e. The molecular formula is C76H126O6. The Morgan fingerprint density at radius 2 is 0.476 bits per heavy atom. The maximum absolute atomic E-state index is 13.0. The molecule has 0 saturated carbocycles. The minimum absolute atomic E-state index is 0.0956. The molecule has 6 heteroatoms. The molecule has 0 N–H and O–H groups in total. The fourth-order valence-electron chi connectivity index (χ4n) is 9.25. The van der Waals surface area contributed by atoms with Gasteiger partial charge in [0.15, 0.2) is 6.10 Å². The number of rotatable bonds is 61. The first kappa shape index (κ1) is 77.5. The first-order valence-electron chi connectivity index (χ1n) is 34.2. The van der Waals surface area contributed by atoms with Gasteiger partial charge in [-0.1, -0.05) is 283 Å². The summed E-state index contributed by atoms with van der Waals surface area (Å²) in [6, 6.07) is 0. The molecule has 0 rings (SSSR count). The summed E-state index contributed by atoms with van der Waals surface area (Å²) < 4.78 is 17.0. The number of hydrogen-bond acceptors (Lipinski definition) is 6. The summed E-state index contributed by atoms with van der Waals surface area (Å²) in [5, 5.41) is 0. The molecule has 6 nitrogen and oxygen atoms in total. The Hall–Kier alpha value is -4.45. The Kier molecular flexibility index (Phi) is 65.3. The standard InChI is InChI=1S/C76H126O6/c1-4-7-10-13-16-19-22-25-28-31-34-36-37-38-39-41-42-45-48-51-54-57-60-63-66-69-75(78)81-72-73(71-80-74(77)68-65-62-59-56-53-50-47-44-33-30-27-24-21-18-15-12-9-6-3)82-76(79)70-67-64-61-58-55-52-49-46-43-40-35-32-29-26-23-20-17-14-11-8-5-2/h7,10,16,19,21,23-26,28,30,32-36,38-39,42-43,45-46,73H,4-6,8-9,11-15,17-18,20,22,27,29,31,37,40-41,44,47-72H2,1-3H3/b10-7-,19-16-,24-21-,26-23-,28-25-,33-30-,35-32-,36-34-,39-38-,45-42-,46-43-. The smallest absolute Gasteiger partial charge is 0.306 e. The first-order chi connectivity index (χ1) is 40.5. The van der Waals surface area contributed by atoms with Gasteiger partial charge in [-0.25, -0.2) is 0 Å². The van der Waals surface area contributed by atoms with Crippen molar-refractivity contribution in [3.8, 4) is 0 Å². The van der Waals surface area contributed by atoms with Gasteiger partial charge in [0.05, 0.1) is 0 Å². The molecule has 0 radical (unpaired) electrons. The molecule has 0 aromatic carbocycles. The van der Waals surface area contributed by atoms with Crippen LogP contribution in [0, 0.1) is 0 Å². The van der Waals surface area contributed by atoms with Crippen molar-refractivity contribution >= 4 is 17.9 Å². The zero-order valence-corrected chi connectivity index (χ0v) is 53.5. The molecule has 0 aromatic rings. The number of ether oxygens (including phenoxy) is 3. The van der Waals surface area contributed by atoms with Crippen LogP contribution in [0.15, 0.2) is 134 Å². The van der Waals surface area contributed by atoms with Crippen molar-refractivity contribution in [2.24, 2.45) is 0 Å². The lowest BCUT2D eigenvalue weighted by Crippen LogP contribution is -2.30. The lowest BCUT2D eigenvalue weighted by molar-refractivity contribution is -0.167. The molecule has 1 unspecified atom stereocenters. The third-order valence-corrected chi connectivity index (χ3v) is 14.4. The predicted octanol–water partition coefficient (Wildman–Crippen LogP) is 23.7. The van der Waals surface area contributed by atoms with Gasteiger partial charge in [-0.3, -0.25) is 14.4 Å². The van der Waals surface area contributed by atoms with E-state index in [1.807, 2.05) is 0 Å². The molecule has 0 fully saturated rings. The van der Waals surface area contributed by atoms with Crippen LogP contribution in [-0.4, -0.2) is 37.2 Å². The number of hydrogen-bond donors (Lipinski definition) is 0. The highest BCUT2D eigenvalue weighted by atomic mass is 16.6. The number of carbonyl (C=O) groups excluding carboxylic acids is 3.